The Kier molecular flexibility index (Phi) is 2.86. The second-order valence-electron chi connectivity index (χ2n) is 4.97. The molecule has 3 rings (SSSR count). The molecule has 2 aromatic heterocycles. The number of β-amino-alcohol motifs (C(OH)–C–C–N with tert-alkyl or cyclic N) is 1. The summed E-state index contributed by atoms with van der Waals surface area (Å²) in [6.45, 7) is 2.42. The van der Waals surface area contributed by atoms with Gasteiger partial charge in [-0.05, 0) is 12.0 Å². The molecule has 1 aliphatic rings. The van der Waals surface area contributed by atoms with Gasteiger partial charge in [0, 0.05) is 6.20 Å². The van der Waals surface area contributed by atoms with Crippen molar-refractivity contribution in [1.29, 1.82) is 0 Å². The normalized spacial score (nSPS) is 17.1. The zero-order valence-corrected chi connectivity index (χ0v) is 11.4. The fraction of sp³-hybridized carbons (Fsp3) is 0.462. The van der Waals surface area contributed by atoms with Crippen LogP contribution in [0.5, 0.6) is 0 Å². The Morgan fingerprint density at radius 2 is 2.30 bits per heavy atom. The molecule has 2 aromatic rings. The molecule has 3 heterocycles. The summed E-state index contributed by atoms with van der Waals surface area (Å²) in [5.41, 5.74) is 0.443. The van der Waals surface area contributed by atoms with Crippen molar-refractivity contribution in [1.82, 2.24) is 15.0 Å². The molecule has 0 amide bonds. The number of anilines is 1. The smallest absolute Gasteiger partial charge is 0.341 e. The maximum atomic E-state index is 11.5. The van der Waals surface area contributed by atoms with Gasteiger partial charge in [0.05, 0.1) is 25.6 Å². The van der Waals surface area contributed by atoms with E-state index in [1.807, 2.05) is 11.1 Å². The quantitative estimate of drug-likeness (QED) is 0.781. The molecule has 1 fully saturated rings. The zero-order valence-electron chi connectivity index (χ0n) is 11.4. The van der Waals surface area contributed by atoms with Crippen LogP contribution in [-0.2, 0) is 16.0 Å². The molecule has 0 spiro atoms. The SMILES string of the molecule is CCc1c[nH]c2ncnc(N3CC(O)(C(=O)OC)C3)c12. The molecule has 1 saturated heterocycles. The van der Waals surface area contributed by atoms with Gasteiger partial charge in [-0.15, -0.1) is 0 Å². The topological polar surface area (TPSA) is 91.3 Å². The number of aliphatic hydroxyl groups is 1. The summed E-state index contributed by atoms with van der Waals surface area (Å²) < 4.78 is 4.60. The van der Waals surface area contributed by atoms with E-state index < -0.39 is 11.6 Å². The molecule has 0 atom stereocenters. The van der Waals surface area contributed by atoms with Gasteiger partial charge in [0.25, 0.3) is 0 Å². The third kappa shape index (κ3) is 1.74. The number of aryl methyl sites for hydroxylation is 1. The molecule has 0 radical (unpaired) electrons. The van der Waals surface area contributed by atoms with Gasteiger partial charge in [0.2, 0.25) is 0 Å². The summed E-state index contributed by atoms with van der Waals surface area (Å²) in [5, 5.41) is 11.0. The maximum absolute atomic E-state index is 11.5. The van der Waals surface area contributed by atoms with Gasteiger partial charge in [0.15, 0.2) is 5.60 Å². The van der Waals surface area contributed by atoms with Gasteiger partial charge in [0.1, 0.15) is 17.8 Å². The van der Waals surface area contributed by atoms with E-state index in [1.165, 1.54) is 13.4 Å². The van der Waals surface area contributed by atoms with Crippen LogP contribution >= 0.6 is 0 Å². The van der Waals surface area contributed by atoms with Crippen LogP contribution in [0.3, 0.4) is 0 Å². The minimum absolute atomic E-state index is 0.181. The number of H-pyrrole nitrogens is 1. The van der Waals surface area contributed by atoms with Gasteiger partial charge in [-0.2, -0.15) is 0 Å². The number of aromatic nitrogens is 3. The molecule has 0 aliphatic carbocycles. The first-order chi connectivity index (χ1) is 9.59. The Bertz CT molecular complexity index is 661. The largest absolute Gasteiger partial charge is 0.467 e. The number of nitrogens with zero attached hydrogens (tertiary/aromatic N) is 3. The van der Waals surface area contributed by atoms with Crippen LogP contribution in [0.25, 0.3) is 11.0 Å². The molecule has 7 heteroatoms. The van der Waals surface area contributed by atoms with Crippen LogP contribution < -0.4 is 4.90 Å². The highest BCUT2D eigenvalue weighted by Crippen LogP contribution is 2.33. The van der Waals surface area contributed by atoms with E-state index in [2.05, 4.69) is 26.6 Å². The number of carbonyl (C=O) groups is 1. The van der Waals surface area contributed by atoms with Crippen LogP contribution in [0.1, 0.15) is 12.5 Å². The Balaban J connectivity index is 1.93. The second kappa shape index (κ2) is 4.45. The lowest BCUT2D eigenvalue weighted by Crippen LogP contribution is -2.66. The minimum Gasteiger partial charge on any atom is -0.467 e. The first-order valence-electron chi connectivity index (χ1n) is 6.45. The number of aromatic amines is 1. The standard InChI is InChI=1S/C13H16N4O3/c1-3-8-4-14-10-9(8)11(16-7-15-10)17-5-13(19,6-17)12(18)20-2/h4,7,19H,3,5-6H2,1-2H3,(H,14,15,16). The Morgan fingerprint density at radius 3 is 2.95 bits per heavy atom. The number of esters is 1. The van der Waals surface area contributed by atoms with Crippen molar-refractivity contribution in [3.8, 4) is 0 Å². The van der Waals surface area contributed by atoms with Crippen LogP contribution in [0.4, 0.5) is 5.82 Å². The van der Waals surface area contributed by atoms with E-state index in [4.69, 9.17) is 0 Å². The molecule has 1 aliphatic heterocycles. The van der Waals surface area contributed by atoms with E-state index >= 15 is 0 Å². The van der Waals surface area contributed by atoms with Crippen molar-refractivity contribution < 1.29 is 14.6 Å². The van der Waals surface area contributed by atoms with E-state index in [0.29, 0.717) is 0 Å². The molecular formula is C13H16N4O3. The molecule has 7 nitrogen and oxygen atoms in total. The molecule has 2 N–H and O–H groups in total. The fourth-order valence-electron chi connectivity index (χ4n) is 2.58. The number of nitrogens with one attached hydrogen (secondary N) is 1. The van der Waals surface area contributed by atoms with Crippen LogP contribution in [0.15, 0.2) is 12.5 Å². The van der Waals surface area contributed by atoms with Crippen molar-refractivity contribution in [3.05, 3.63) is 18.1 Å². The summed E-state index contributed by atoms with van der Waals surface area (Å²) in [4.78, 5) is 24.9. The number of fused-ring (bicyclic) bond motifs is 1. The lowest BCUT2D eigenvalue weighted by Gasteiger charge is -2.44. The summed E-state index contributed by atoms with van der Waals surface area (Å²) in [6.07, 6.45) is 4.24. The van der Waals surface area contributed by atoms with E-state index in [9.17, 15) is 9.90 Å². The van der Waals surface area contributed by atoms with Crippen LogP contribution in [-0.4, -0.2) is 51.8 Å². The predicted octanol–water partition coefficient (Wildman–Crippen LogP) is 0.244. The van der Waals surface area contributed by atoms with Gasteiger partial charge in [-0.3, -0.25) is 0 Å². The zero-order chi connectivity index (χ0) is 14.3. The number of rotatable bonds is 3. The summed E-state index contributed by atoms with van der Waals surface area (Å²) in [5.74, 6) is 0.130. The average Bonchev–Trinajstić information content (AvgIpc) is 2.86. The maximum Gasteiger partial charge on any atom is 0.341 e. The first-order valence-corrected chi connectivity index (χ1v) is 6.45. The third-order valence-corrected chi connectivity index (χ3v) is 3.68. The van der Waals surface area contributed by atoms with E-state index in [1.54, 1.807) is 0 Å². The molecule has 0 unspecified atom stereocenters. The average molecular weight is 276 g/mol. The number of hydrogen-bond donors (Lipinski definition) is 2. The summed E-state index contributed by atoms with van der Waals surface area (Å²) in [6, 6.07) is 0. The molecule has 0 bridgehead atoms. The predicted molar refractivity (Wildman–Crippen MR) is 72.4 cm³/mol. The molecule has 0 aromatic carbocycles. The number of methoxy groups -OCH3 is 1. The minimum atomic E-state index is -1.44. The summed E-state index contributed by atoms with van der Waals surface area (Å²) >= 11 is 0. The summed E-state index contributed by atoms with van der Waals surface area (Å²) in [7, 11) is 1.27. The highest BCUT2D eigenvalue weighted by molar-refractivity contribution is 5.93. The number of carbonyl (C=O) groups excluding carboxylic acids is 1. The number of hydrogen-bond acceptors (Lipinski definition) is 6. The van der Waals surface area contributed by atoms with Gasteiger partial charge >= 0.3 is 5.97 Å². The van der Waals surface area contributed by atoms with E-state index in [-0.39, 0.29) is 13.1 Å². The van der Waals surface area contributed by atoms with Crippen molar-refractivity contribution in [3.63, 3.8) is 0 Å². The Morgan fingerprint density at radius 1 is 1.55 bits per heavy atom. The monoisotopic (exact) mass is 276 g/mol. The molecule has 20 heavy (non-hydrogen) atoms. The van der Waals surface area contributed by atoms with Crippen LogP contribution in [0.2, 0.25) is 0 Å². The van der Waals surface area contributed by atoms with Gasteiger partial charge in [-0.25, -0.2) is 14.8 Å². The van der Waals surface area contributed by atoms with Gasteiger partial charge in [-0.1, -0.05) is 6.92 Å². The van der Waals surface area contributed by atoms with Gasteiger partial charge < -0.3 is 19.7 Å². The highest BCUT2D eigenvalue weighted by Gasteiger charge is 2.50. The lowest BCUT2D eigenvalue weighted by molar-refractivity contribution is -0.164. The molecule has 106 valence electrons. The lowest BCUT2D eigenvalue weighted by atomic mass is 9.94. The van der Waals surface area contributed by atoms with E-state index in [0.717, 1.165) is 28.8 Å². The molecular weight excluding hydrogens is 260 g/mol. The fourth-order valence-corrected chi connectivity index (χ4v) is 2.58. The van der Waals surface area contributed by atoms with Crippen molar-refractivity contribution >= 4 is 22.8 Å². The van der Waals surface area contributed by atoms with Crippen LogP contribution in [0, 0.1) is 0 Å². The first kappa shape index (κ1) is 12.9. The van der Waals surface area contributed by atoms with Crippen molar-refractivity contribution in [2.75, 3.05) is 25.1 Å². The Hall–Kier alpha value is -2.15. The number of ether oxygens (including phenoxy) is 1. The van der Waals surface area contributed by atoms with Crippen molar-refractivity contribution in [2.24, 2.45) is 0 Å². The highest BCUT2D eigenvalue weighted by atomic mass is 16.5. The molecule has 0 saturated carbocycles. The third-order valence-electron chi connectivity index (χ3n) is 3.68. The second-order valence-corrected chi connectivity index (χ2v) is 4.97. The Labute approximate surface area is 115 Å². The van der Waals surface area contributed by atoms with Crippen molar-refractivity contribution in [2.45, 2.75) is 18.9 Å².